The van der Waals surface area contributed by atoms with Crippen molar-refractivity contribution in [3.63, 3.8) is 0 Å². The summed E-state index contributed by atoms with van der Waals surface area (Å²) in [6.07, 6.45) is 6.21. The van der Waals surface area contributed by atoms with Crippen LogP contribution in [0.1, 0.15) is 51.0 Å². The molecule has 4 heteroatoms. The molecule has 0 bridgehead atoms. The molecule has 0 radical (unpaired) electrons. The van der Waals surface area contributed by atoms with E-state index >= 15 is 0 Å². The molecular formula is C17H22Cl2O2. The summed E-state index contributed by atoms with van der Waals surface area (Å²) in [5.41, 5.74) is 0.0657. The summed E-state index contributed by atoms with van der Waals surface area (Å²) in [7, 11) is 0. The first kappa shape index (κ1) is 16.6. The average molecular weight is 329 g/mol. The third kappa shape index (κ3) is 3.73. The van der Waals surface area contributed by atoms with E-state index in [4.69, 9.17) is 23.2 Å². The van der Waals surface area contributed by atoms with Crippen LogP contribution in [-0.4, -0.2) is 11.1 Å². The number of aliphatic carboxylic acids is 1. The Morgan fingerprint density at radius 3 is 2.33 bits per heavy atom. The topological polar surface area (TPSA) is 37.3 Å². The Morgan fingerprint density at radius 1 is 1.29 bits per heavy atom. The quantitative estimate of drug-likeness (QED) is 0.764. The summed E-state index contributed by atoms with van der Waals surface area (Å²) in [6, 6.07) is 5.35. The van der Waals surface area contributed by atoms with Gasteiger partial charge in [0.2, 0.25) is 0 Å². The monoisotopic (exact) mass is 328 g/mol. The van der Waals surface area contributed by atoms with Crippen LogP contribution in [0.5, 0.6) is 0 Å². The van der Waals surface area contributed by atoms with E-state index in [1.807, 2.05) is 0 Å². The molecular weight excluding hydrogens is 307 g/mol. The predicted octanol–water partition coefficient (Wildman–Crippen LogP) is 5.60. The van der Waals surface area contributed by atoms with Gasteiger partial charge in [0.15, 0.2) is 0 Å². The zero-order valence-corrected chi connectivity index (χ0v) is 13.9. The van der Waals surface area contributed by atoms with Gasteiger partial charge in [0.25, 0.3) is 0 Å². The van der Waals surface area contributed by atoms with Gasteiger partial charge >= 0.3 is 5.97 Å². The van der Waals surface area contributed by atoms with Crippen molar-refractivity contribution in [1.82, 2.24) is 0 Å². The minimum atomic E-state index is -0.714. The molecule has 2 rings (SSSR count). The highest BCUT2D eigenvalue weighted by Crippen LogP contribution is 2.45. The fourth-order valence-corrected chi connectivity index (χ4v) is 3.96. The summed E-state index contributed by atoms with van der Waals surface area (Å²) in [6.45, 7) is 2.18. The van der Waals surface area contributed by atoms with Crippen molar-refractivity contribution in [2.75, 3.05) is 0 Å². The maximum Gasteiger partial charge on any atom is 0.309 e. The number of halogens is 2. The second-order valence-corrected chi connectivity index (χ2v) is 7.01. The van der Waals surface area contributed by atoms with Crippen molar-refractivity contribution in [1.29, 1.82) is 0 Å². The number of rotatable bonds is 5. The number of hydrogen-bond acceptors (Lipinski definition) is 1. The van der Waals surface area contributed by atoms with Gasteiger partial charge in [-0.05, 0) is 55.7 Å². The highest BCUT2D eigenvalue weighted by atomic mass is 35.5. The molecule has 1 aromatic carbocycles. The smallest absolute Gasteiger partial charge is 0.309 e. The minimum Gasteiger partial charge on any atom is -0.481 e. The SMILES string of the molecule is CCCC1CCC(Cc2c(Cl)cccc2Cl)(C(=O)O)CC1. The molecule has 0 aromatic heterocycles. The van der Waals surface area contributed by atoms with Crippen molar-refractivity contribution >= 4 is 29.2 Å². The maximum absolute atomic E-state index is 11.9. The molecule has 0 amide bonds. The van der Waals surface area contributed by atoms with Gasteiger partial charge < -0.3 is 5.11 Å². The Labute approximate surface area is 136 Å². The first-order valence-corrected chi connectivity index (χ1v) is 8.40. The van der Waals surface area contributed by atoms with E-state index in [-0.39, 0.29) is 0 Å². The fourth-order valence-electron chi connectivity index (χ4n) is 3.43. The molecule has 1 aliphatic carbocycles. The lowest BCUT2D eigenvalue weighted by Gasteiger charge is -2.37. The van der Waals surface area contributed by atoms with Crippen LogP contribution in [0.15, 0.2) is 18.2 Å². The summed E-state index contributed by atoms with van der Waals surface area (Å²) in [5, 5.41) is 10.9. The normalized spacial score (nSPS) is 25.8. The predicted molar refractivity (Wildman–Crippen MR) is 87.1 cm³/mol. The molecule has 0 unspecified atom stereocenters. The van der Waals surface area contributed by atoms with Crippen LogP contribution >= 0.6 is 23.2 Å². The molecule has 0 aliphatic heterocycles. The van der Waals surface area contributed by atoms with Gasteiger partial charge in [0.05, 0.1) is 5.41 Å². The van der Waals surface area contributed by atoms with Gasteiger partial charge in [-0.15, -0.1) is 0 Å². The maximum atomic E-state index is 11.9. The number of benzene rings is 1. The molecule has 0 atom stereocenters. The first-order chi connectivity index (χ1) is 9.98. The molecule has 0 heterocycles. The summed E-state index contributed by atoms with van der Waals surface area (Å²) in [5.74, 6) is -0.0439. The lowest BCUT2D eigenvalue weighted by molar-refractivity contribution is -0.151. The zero-order valence-electron chi connectivity index (χ0n) is 12.4. The molecule has 116 valence electrons. The van der Waals surface area contributed by atoms with E-state index < -0.39 is 11.4 Å². The van der Waals surface area contributed by atoms with Gasteiger partial charge in [0, 0.05) is 10.0 Å². The number of carboxylic acids is 1. The molecule has 1 fully saturated rings. The second-order valence-electron chi connectivity index (χ2n) is 6.19. The second kappa shape index (κ2) is 7.02. The van der Waals surface area contributed by atoms with Crippen molar-refractivity contribution < 1.29 is 9.90 Å². The van der Waals surface area contributed by atoms with E-state index in [1.54, 1.807) is 18.2 Å². The molecule has 1 aliphatic rings. The molecule has 1 saturated carbocycles. The van der Waals surface area contributed by atoms with E-state index in [1.165, 1.54) is 12.8 Å². The van der Waals surface area contributed by atoms with Crippen LogP contribution in [0, 0.1) is 11.3 Å². The summed E-state index contributed by atoms with van der Waals surface area (Å²) in [4.78, 5) is 11.9. The van der Waals surface area contributed by atoms with Crippen molar-refractivity contribution in [2.45, 2.75) is 51.9 Å². The Hall–Kier alpha value is -0.730. The number of hydrogen-bond donors (Lipinski definition) is 1. The molecule has 0 saturated heterocycles. The van der Waals surface area contributed by atoms with Gasteiger partial charge in [-0.2, -0.15) is 0 Å². The zero-order chi connectivity index (χ0) is 15.5. The minimum absolute atomic E-state index is 0.430. The lowest BCUT2D eigenvalue weighted by Crippen LogP contribution is -2.37. The number of carboxylic acid groups (broad SMARTS) is 1. The van der Waals surface area contributed by atoms with E-state index in [9.17, 15) is 9.90 Å². The van der Waals surface area contributed by atoms with E-state index in [0.29, 0.717) is 35.2 Å². The molecule has 21 heavy (non-hydrogen) atoms. The van der Waals surface area contributed by atoms with Gasteiger partial charge in [0.1, 0.15) is 0 Å². The van der Waals surface area contributed by atoms with Crippen LogP contribution < -0.4 is 0 Å². The van der Waals surface area contributed by atoms with E-state index in [2.05, 4.69) is 6.92 Å². The van der Waals surface area contributed by atoms with Gasteiger partial charge in [-0.3, -0.25) is 4.79 Å². The average Bonchev–Trinajstić information content (AvgIpc) is 2.45. The van der Waals surface area contributed by atoms with Crippen LogP contribution in [0.2, 0.25) is 10.0 Å². The van der Waals surface area contributed by atoms with Crippen LogP contribution in [0.4, 0.5) is 0 Å². The lowest BCUT2D eigenvalue weighted by atomic mass is 9.67. The van der Waals surface area contributed by atoms with Crippen molar-refractivity contribution in [3.05, 3.63) is 33.8 Å². The largest absolute Gasteiger partial charge is 0.481 e. The number of carbonyl (C=O) groups is 1. The van der Waals surface area contributed by atoms with Crippen LogP contribution in [0.25, 0.3) is 0 Å². The highest BCUT2D eigenvalue weighted by Gasteiger charge is 2.42. The molecule has 2 nitrogen and oxygen atoms in total. The summed E-state index contributed by atoms with van der Waals surface area (Å²) >= 11 is 12.4. The molecule has 1 aromatic rings. The Kier molecular flexibility index (Phi) is 5.56. The first-order valence-electron chi connectivity index (χ1n) is 7.65. The fraction of sp³-hybridized carbons (Fsp3) is 0.588. The van der Waals surface area contributed by atoms with Gasteiger partial charge in [-0.25, -0.2) is 0 Å². The van der Waals surface area contributed by atoms with Gasteiger partial charge in [-0.1, -0.05) is 49.0 Å². The third-order valence-electron chi connectivity index (χ3n) is 4.79. The van der Waals surface area contributed by atoms with Crippen molar-refractivity contribution in [2.24, 2.45) is 11.3 Å². The molecule has 1 N–H and O–H groups in total. The Balaban J connectivity index is 2.19. The standard InChI is InChI=1S/C17H22Cl2O2/c1-2-4-12-7-9-17(10-8-12,16(20)21)11-13-14(18)5-3-6-15(13)19/h3,5-6,12H,2,4,7-11H2,1H3,(H,20,21). The van der Waals surface area contributed by atoms with Crippen LogP contribution in [-0.2, 0) is 11.2 Å². The third-order valence-corrected chi connectivity index (χ3v) is 5.50. The van der Waals surface area contributed by atoms with Crippen LogP contribution in [0.3, 0.4) is 0 Å². The Bertz CT molecular complexity index is 485. The van der Waals surface area contributed by atoms with E-state index in [0.717, 1.165) is 18.4 Å². The van der Waals surface area contributed by atoms with Crippen molar-refractivity contribution in [3.8, 4) is 0 Å². The Morgan fingerprint density at radius 2 is 1.86 bits per heavy atom. The molecule has 0 spiro atoms. The highest BCUT2D eigenvalue weighted by molar-refractivity contribution is 6.36. The summed E-state index contributed by atoms with van der Waals surface area (Å²) < 4.78 is 0.